The number of thioether (sulfide) groups is 1. The molecule has 1 N–H and O–H groups in total. The van der Waals surface area contributed by atoms with Crippen LogP contribution in [0.25, 0.3) is 0 Å². The summed E-state index contributed by atoms with van der Waals surface area (Å²) in [4.78, 5) is 13.2. The molecule has 1 amide bonds. The summed E-state index contributed by atoms with van der Waals surface area (Å²) in [7, 11) is 0. The number of carbonyl (C=O) groups excluding carboxylic acids is 1. The summed E-state index contributed by atoms with van der Waals surface area (Å²) in [5.41, 5.74) is 1.51. The predicted molar refractivity (Wildman–Crippen MR) is 109 cm³/mol. The van der Waals surface area contributed by atoms with Gasteiger partial charge in [0.15, 0.2) is 0 Å². The van der Waals surface area contributed by atoms with Crippen molar-refractivity contribution in [1.29, 1.82) is 0 Å². The van der Waals surface area contributed by atoms with Crippen LogP contribution < -0.4 is 10.1 Å². The molecular formula is C20H23N5O2S. The Morgan fingerprint density at radius 3 is 2.57 bits per heavy atom. The largest absolute Gasteiger partial charge is 0.492 e. The van der Waals surface area contributed by atoms with Gasteiger partial charge in [0.1, 0.15) is 11.0 Å². The maximum absolute atomic E-state index is 13.2. The molecule has 3 rings (SSSR count). The second kappa shape index (κ2) is 9.36. The molecule has 0 saturated carbocycles. The molecule has 146 valence electrons. The quantitative estimate of drug-likeness (QED) is 0.576. The van der Waals surface area contributed by atoms with Crippen LogP contribution in [-0.4, -0.2) is 32.7 Å². The Kier molecular flexibility index (Phi) is 6.65. The number of ether oxygens (including phenoxy) is 1. The summed E-state index contributed by atoms with van der Waals surface area (Å²) in [6.07, 6.45) is 0. The van der Waals surface area contributed by atoms with Gasteiger partial charge in [-0.1, -0.05) is 54.2 Å². The van der Waals surface area contributed by atoms with E-state index in [1.54, 1.807) is 4.68 Å². The summed E-state index contributed by atoms with van der Waals surface area (Å²) in [5, 5.41) is 15.0. The van der Waals surface area contributed by atoms with Crippen LogP contribution in [0.4, 0.5) is 5.69 Å². The smallest absolute Gasteiger partial charge is 0.242 e. The topological polar surface area (TPSA) is 81.9 Å². The lowest BCUT2D eigenvalue weighted by Gasteiger charge is -2.18. The third-order valence-electron chi connectivity index (χ3n) is 3.96. The first-order valence-electron chi connectivity index (χ1n) is 9.12. The van der Waals surface area contributed by atoms with Crippen LogP contribution in [0, 0.1) is 0 Å². The van der Waals surface area contributed by atoms with Crippen LogP contribution in [0.5, 0.6) is 5.75 Å². The highest BCUT2D eigenvalue weighted by molar-refractivity contribution is 8.00. The van der Waals surface area contributed by atoms with Gasteiger partial charge in [-0.3, -0.25) is 4.79 Å². The predicted octanol–water partition coefficient (Wildman–Crippen LogP) is 4.12. The number of anilines is 1. The standard InChI is InChI=1S/C20H23N5O2S/c1-4-27-17-13-9-8-12-16(17)21-19(26)18(15-10-6-5-7-11-15)28-20-22-23-24-25(20)14(2)3/h5-14,18H,4H2,1-3H3,(H,21,26). The fourth-order valence-corrected chi connectivity index (χ4v) is 3.75. The molecular weight excluding hydrogens is 374 g/mol. The van der Waals surface area contributed by atoms with E-state index in [4.69, 9.17) is 4.74 Å². The first-order chi connectivity index (χ1) is 13.6. The summed E-state index contributed by atoms with van der Waals surface area (Å²) in [6, 6.07) is 17.1. The molecule has 0 saturated heterocycles. The zero-order chi connectivity index (χ0) is 19.9. The number of para-hydroxylation sites is 2. The molecule has 7 nitrogen and oxygen atoms in total. The van der Waals surface area contributed by atoms with Crippen LogP contribution in [0.3, 0.4) is 0 Å². The minimum Gasteiger partial charge on any atom is -0.492 e. The molecule has 2 aromatic carbocycles. The van der Waals surface area contributed by atoms with E-state index in [2.05, 4.69) is 20.8 Å². The summed E-state index contributed by atoms with van der Waals surface area (Å²) in [6.45, 7) is 6.42. The SMILES string of the molecule is CCOc1ccccc1NC(=O)C(Sc1nnnn1C(C)C)c1ccccc1. The van der Waals surface area contributed by atoms with Gasteiger partial charge in [-0.05, 0) is 48.9 Å². The molecule has 1 aromatic heterocycles. The van der Waals surface area contributed by atoms with Crippen LogP contribution >= 0.6 is 11.8 Å². The van der Waals surface area contributed by atoms with Gasteiger partial charge in [0.2, 0.25) is 11.1 Å². The van der Waals surface area contributed by atoms with E-state index in [0.717, 1.165) is 5.56 Å². The molecule has 0 aliphatic carbocycles. The zero-order valence-corrected chi connectivity index (χ0v) is 16.9. The molecule has 1 unspecified atom stereocenters. The van der Waals surface area contributed by atoms with Crippen molar-refractivity contribution in [2.75, 3.05) is 11.9 Å². The van der Waals surface area contributed by atoms with E-state index in [9.17, 15) is 4.79 Å². The van der Waals surface area contributed by atoms with Crippen molar-refractivity contribution in [3.8, 4) is 5.75 Å². The zero-order valence-electron chi connectivity index (χ0n) is 16.1. The lowest BCUT2D eigenvalue weighted by molar-refractivity contribution is -0.115. The molecule has 1 atom stereocenters. The highest BCUT2D eigenvalue weighted by atomic mass is 32.2. The van der Waals surface area contributed by atoms with Gasteiger partial charge in [0, 0.05) is 0 Å². The second-order valence-corrected chi connectivity index (χ2v) is 7.40. The fraction of sp³-hybridized carbons (Fsp3) is 0.300. The summed E-state index contributed by atoms with van der Waals surface area (Å²) >= 11 is 1.32. The molecule has 0 aliphatic rings. The number of hydrogen-bond donors (Lipinski definition) is 1. The molecule has 3 aromatic rings. The fourth-order valence-electron chi connectivity index (χ4n) is 2.64. The van der Waals surface area contributed by atoms with Crippen molar-refractivity contribution in [2.45, 2.75) is 37.2 Å². The number of rotatable bonds is 8. The molecule has 0 aliphatic heterocycles. The van der Waals surface area contributed by atoms with Crippen molar-refractivity contribution in [3.63, 3.8) is 0 Å². The minimum absolute atomic E-state index is 0.0932. The first kappa shape index (κ1) is 19.9. The molecule has 1 heterocycles. The number of carbonyl (C=O) groups is 1. The van der Waals surface area contributed by atoms with Gasteiger partial charge in [-0.15, -0.1) is 5.10 Å². The normalized spacial score (nSPS) is 12.0. The summed E-state index contributed by atoms with van der Waals surface area (Å²) in [5.74, 6) is 0.476. The minimum atomic E-state index is -0.514. The van der Waals surface area contributed by atoms with E-state index in [1.807, 2.05) is 75.4 Å². The Balaban J connectivity index is 1.89. The Morgan fingerprint density at radius 2 is 1.86 bits per heavy atom. The van der Waals surface area contributed by atoms with Gasteiger partial charge in [0.25, 0.3) is 0 Å². The van der Waals surface area contributed by atoms with Crippen LogP contribution in [-0.2, 0) is 4.79 Å². The van der Waals surface area contributed by atoms with Crippen molar-refractivity contribution < 1.29 is 9.53 Å². The molecule has 28 heavy (non-hydrogen) atoms. The number of tetrazole rings is 1. The van der Waals surface area contributed by atoms with E-state index < -0.39 is 5.25 Å². The maximum atomic E-state index is 13.2. The number of nitrogens with zero attached hydrogens (tertiary/aromatic N) is 4. The lowest BCUT2D eigenvalue weighted by atomic mass is 10.1. The third-order valence-corrected chi connectivity index (χ3v) is 5.16. The van der Waals surface area contributed by atoms with E-state index in [1.165, 1.54) is 11.8 Å². The highest BCUT2D eigenvalue weighted by Crippen LogP contribution is 2.36. The van der Waals surface area contributed by atoms with Crippen molar-refractivity contribution in [2.24, 2.45) is 0 Å². The van der Waals surface area contributed by atoms with Crippen LogP contribution in [0.15, 0.2) is 59.8 Å². The van der Waals surface area contributed by atoms with E-state index in [0.29, 0.717) is 23.2 Å². The lowest BCUT2D eigenvalue weighted by Crippen LogP contribution is -2.20. The first-order valence-corrected chi connectivity index (χ1v) is 10.00. The van der Waals surface area contributed by atoms with Crippen molar-refractivity contribution in [3.05, 3.63) is 60.2 Å². The van der Waals surface area contributed by atoms with Crippen LogP contribution in [0.2, 0.25) is 0 Å². The van der Waals surface area contributed by atoms with Gasteiger partial charge in [-0.25, -0.2) is 4.68 Å². The van der Waals surface area contributed by atoms with Crippen molar-refractivity contribution >= 4 is 23.4 Å². The number of hydrogen-bond acceptors (Lipinski definition) is 6. The number of aromatic nitrogens is 4. The molecule has 0 bridgehead atoms. The Morgan fingerprint density at radius 1 is 1.14 bits per heavy atom. The highest BCUT2D eigenvalue weighted by Gasteiger charge is 2.26. The molecule has 0 spiro atoms. The molecule has 0 radical (unpaired) electrons. The van der Waals surface area contributed by atoms with Gasteiger partial charge in [0.05, 0.1) is 18.3 Å². The Labute approximate surface area is 168 Å². The second-order valence-electron chi connectivity index (χ2n) is 6.33. The Bertz CT molecular complexity index is 914. The summed E-state index contributed by atoms with van der Waals surface area (Å²) < 4.78 is 7.33. The average molecular weight is 398 g/mol. The van der Waals surface area contributed by atoms with Crippen molar-refractivity contribution in [1.82, 2.24) is 20.2 Å². The van der Waals surface area contributed by atoms with Gasteiger partial charge in [-0.2, -0.15) is 0 Å². The van der Waals surface area contributed by atoms with E-state index in [-0.39, 0.29) is 11.9 Å². The van der Waals surface area contributed by atoms with Gasteiger partial charge >= 0.3 is 0 Å². The third kappa shape index (κ3) is 4.69. The molecule has 0 fully saturated rings. The Hall–Kier alpha value is -2.87. The number of nitrogens with one attached hydrogen (secondary N) is 1. The van der Waals surface area contributed by atoms with Crippen LogP contribution in [0.1, 0.15) is 37.6 Å². The number of benzene rings is 2. The monoisotopic (exact) mass is 397 g/mol. The average Bonchev–Trinajstić information content (AvgIpc) is 3.17. The van der Waals surface area contributed by atoms with Gasteiger partial charge < -0.3 is 10.1 Å². The van der Waals surface area contributed by atoms with E-state index >= 15 is 0 Å². The molecule has 8 heteroatoms. The maximum Gasteiger partial charge on any atom is 0.242 e. The number of amides is 1.